The Morgan fingerprint density at radius 2 is 1.96 bits per heavy atom. The molecular weight excluding hydrogens is 335 g/mol. The molecule has 0 saturated carbocycles. The largest absolute Gasteiger partial charge is 0.462 e. The molecule has 0 aliphatic rings. The van der Waals surface area contributed by atoms with Crippen LogP contribution in [0.1, 0.15) is 22.3 Å². The number of benzene rings is 2. The highest BCUT2D eigenvalue weighted by atomic mass is 19.1. The van der Waals surface area contributed by atoms with Gasteiger partial charge in [0.1, 0.15) is 11.6 Å². The second-order valence-corrected chi connectivity index (χ2v) is 5.54. The Morgan fingerprint density at radius 3 is 2.77 bits per heavy atom. The van der Waals surface area contributed by atoms with Crippen molar-refractivity contribution in [2.24, 2.45) is 0 Å². The third kappa shape index (κ3) is 5.11. The monoisotopic (exact) mass is 352 g/mol. The molecule has 132 valence electrons. The first kappa shape index (κ1) is 17.5. The lowest BCUT2D eigenvalue weighted by atomic mass is 10.1. The summed E-state index contributed by atoms with van der Waals surface area (Å²) in [4.78, 5) is 20.1. The van der Waals surface area contributed by atoms with Crippen LogP contribution < -0.4 is 4.74 Å². The molecule has 0 spiro atoms. The van der Waals surface area contributed by atoms with E-state index in [-0.39, 0.29) is 12.4 Å². The molecule has 0 fully saturated rings. The number of ether oxygens (including phenoxy) is 2. The topological polar surface area (TPSA) is 61.3 Å². The highest BCUT2D eigenvalue weighted by molar-refractivity contribution is 5.89. The predicted octanol–water partition coefficient (Wildman–Crippen LogP) is 4.20. The molecule has 0 unspecified atom stereocenters. The van der Waals surface area contributed by atoms with Gasteiger partial charge in [-0.2, -0.15) is 0 Å². The second-order valence-electron chi connectivity index (χ2n) is 5.54. The van der Waals surface area contributed by atoms with E-state index in [9.17, 15) is 9.18 Å². The van der Waals surface area contributed by atoms with Gasteiger partial charge in [-0.3, -0.25) is 4.98 Å². The van der Waals surface area contributed by atoms with Crippen LogP contribution in [-0.2, 0) is 11.2 Å². The molecule has 1 heterocycles. The first-order chi connectivity index (χ1) is 12.7. The quantitative estimate of drug-likeness (QED) is 0.471. The lowest BCUT2D eigenvalue weighted by Gasteiger charge is -2.07. The third-order valence-corrected chi connectivity index (χ3v) is 3.56. The van der Waals surface area contributed by atoms with Gasteiger partial charge in [0.15, 0.2) is 0 Å². The predicted molar refractivity (Wildman–Crippen MR) is 93.6 cm³/mol. The number of halogens is 1. The van der Waals surface area contributed by atoms with Gasteiger partial charge in [0.25, 0.3) is 0 Å². The summed E-state index contributed by atoms with van der Waals surface area (Å²) >= 11 is 0. The standard InChI is InChI=1S/C20H17FN2O3/c21-17-7-1-4-15(12-17)5-3-11-25-20(24)16-6-2-8-18(13-16)26-19-14-22-9-10-23-19/h1-2,4,6-10,12-14H,3,5,11H2. The van der Waals surface area contributed by atoms with Gasteiger partial charge in [-0.05, 0) is 48.7 Å². The van der Waals surface area contributed by atoms with E-state index in [0.717, 1.165) is 5.56 Å². The molecule has 2 aromatic carbocycles. The molecule has 0 bridgehead atoms. The van der Waals surface area contributed by atoms with Crippen LogP contribution in [0.4, 0.5) is 4.39 Å². The van der Waals surface area contributed by atoms with Crippen LogP contribution in [0.5, 0.6) is 11.6 Å². The summed E-state index contributed by atoms with van der Waals surface area (Å²) in [5.74, 6) is 0.112. The first-order valence-electron chi connectivity index (χ1n) is 8.16. The Labute approximate surface area is 150 Å². The van der Waals surface area contributed by atoms with Crippen molar-refractivity contribution in [2.45, 2.75) is 12.8 Å². The number of nitrogens with zero attached hydrogens (tertiary/aromatic N) is 2. The number of hydrogen-bond acceptors (Lipinski definition) is 5. The van der Waals surface area contributed by atoms with Crippen LogP contribution in [-0.4, -0.2) is 22.5 Å². The molecule has 26 heavy (non-hydrogen) atoms. The summed E-state index contributed by atoms with van der Waals surface area (Å²) in [5, 5.41) is 0. The lowest BCUT2D eigenvalue weighted by molar-refractivity contribution is 0.0500. The van der Waals surface area contributed by atoms with E-state index in [1.165, 1.54) is 24.5 Å². The minimum Gasteiger partial charge on any atom is -0.462 e. The number of esters is 1. The Bertz CT molecular complexity index is 872. The van der Waals surface area contributed by atoms with E-state index in [4.69, 9.17) is 9.47 Å². The maximum absolute atomic E-state index is 13.1. The van der Waals surface area contributed by atoms with Crippen molar-refractivity contribution in [1.82, 2.24) is 9.97 Å². The average Bonchev–Trinajstić information content (AvgIpc) is 2.66. The van der Waals surface area contributed by atoms with Crippen LogP contribution in [0.15, 0.2) is 67.1 Å². The number of carbonyl (C=O) groups is 1. The molecule has 0 aliphatic heterocycles. The van der Waals surface area contributed by atoms with Crippen molar-refractivity contribution < 1.29 is 18.7 Å². The summed E-state index contributed by atoms with van der Waals surface area (Å²) in [6.07, 6.45) is 5.81. The molecule has 5 nitrogen and oxygen atoms in total. The molecule has 0 N–H and O–H groups in total. The fourth-order valence-electron chi connectivity index (χ4n) is 2.36. The maximum Gasteiger partial charge on any atom is 0.338 e. The van der Waals surface area contributed by atoms with Crippen molar-refractivity contribution in [3.63, 3.8) is 0 Å². The molecule has 0 radical (unpaired) electrons. The minimum atomic E-state index is -0.436. The van der Waals surface area contributed by atoms with E-state index in [0.29, 0.717) is 30.0 Å². The van der Waals surface area contributed by atoms with Crippen LogP contribution in [0.2, 0.25) is 0 Å². The summed E-state index contributed by atoms with van der Waals surface area (Å²) < 4.78 is 23.9. The summed E-state index contributed by atoms with van der Waals surface area (Å²) in [6, 6.07) is 13.1. The van der Waals surface area contributed by atoms with Crippen LogP contribution in [0, 0.1) is 5.82 Å². The summed E-state index contributed by atoms with van der Waals surface area (Å²) in [7, 11) is 0. The Hall–Kier alpha value is -3.28. The first-order valence-corrected chi connectivity index (χ1v) is 8.16. The van der Waals surface area contributed by atoms with Crippen molar-refractivity contribution in [3.8, 4) is 11.6 Å². The molecule has 3 aromatic rings. The van der Waals surface area contributed by atoms with Gasteiger partial charge in [0.05, 0.1) is 18.4 Å². The normalized spacial score (nSPS) is 10.3. The molecule has 0 aliphatic carbocycles. The van der Waals surface area contributed by atoms with E-state index < -0.39 is 5.97 Å². The van der Waals surface area contributed by atoms with Gasteiger partial charge in [0.2, 0.25) is 5.88 Å². The van der Waals surface area contributed by atoms with Gasteiger partial charge < -0.3 is 9.47 Å². The van der Waals surface area contributed by atoms with Crippen molar-refractivity contribution in [1.29, 1.82) is 0 Å². The summed E-state index contributed by atoms with van der Waals surface area (Å²) in [6.45, 7) is 0.255. The molecule has 0 saturated heterocycles. The number of rotatable bonds is 7. The smallest absolute Gasteiger partial charge is 0.338 e. The van der Waals surface area contributed by atoms with Crippen molar-refractivity contribution in [2.75, 3.05) is 6.61 Å². The van der Waals surface area contributed by atoms with Gasteiger partial charge in [0, 0.05) is 12.4 Å². The van der Waals surface area contributed by atoms with Gasteiger partial charge in [-0.1, -0.05) is 18.2 Å². The highest BCUT2D eigenvalue weighted by Gasteiger charge is 2.09. The van der Waals surface area contributed by atoms with E-state index >= 15 is 0 Å². The van der Waals surface area contributed by atoms with Gasteiger partial charge in [-0.15, -0.1) is 0 Å². The Kier molecular flexibility index (Phi) is 5.88. The van der Waals surface area contributed by atoms with E-state index in [1.54, 1.807) is 36.5 Å². The maximum atomic E-state index is 13.1. The Morgan fingerprint density at radius 1 is 1.08 bits per heavy atom. The number of hydrogen-bond donors (Lipinski definition) is 0. The molecular formula is C20H17FN2O3. The molecule has 0 amide bonds. The SMILES string of the molecule is O=C(OCCCc1cccc(F)c1)c1cccc(Oc2cnccn2)c1. The van der Waals surface area contributed by atoms with Crippen molar-refractivity contribution in [3.05, 3.63) is 84.1 Å². The third-order valence-electron chi connectivity index (χ3n) is 3.56. The number of aromatic nitrogens is 2. The second kappa shape index (κ2) is 8.71. The fourth-order valence-corrected chi connectivity index (χ4v) is 2.36. The van der Waals surface area contributed by atoms with Crippen LogP contribution in [0.25, 0.3) is 0 Å². The highest BCUT2D eigenvalue weighted by Crippen LogP contribution is 2.20. The van der Waals surface area contributed by atoms with Gasteiger partial charge in [-0.25, -0.2) is 14.2 Å². The summed E-state index contributed by atoms with van der Waals surface area (Å²) in [5.41, 5.74) is 1.26. The molecule has 6 heteroatoms. The van der Waals surface area contributed by atoms with Gasteiger partial charge >= 0.3 is 5.97 Å². The fraction of sp³-hybridized carbons (Fsp3) is 0.150. The number of aryl methyl sites for hydroxylation is 1. The molecule has 0 atom stereocenters. The average molecular weight is 352 g/mol. The minimum absolute atomic E-state index is 0.255. The molecule has 3 rings (SSSR count). The lowest BCUT2D eigenvalue weighted by Crippen LogP contribution is -2.07. The zero-order chi connectivity index (χ0) is 18.2. The molecule has 1 aromatic heterocycles. The Balaban J connectivity index is 1.50. The van der Waals surface area contributed by atoms with Crippen LogP contribution in [0.3, 0.4) is 0 Å². The van der Waals surface area contributed by atoms with E-state index in [1.807, 2.05) is 6.07 Å². The zero-order valence-corrected chi connectivity index (χ0v) is 14.0. The van der Waals surface area contributed by atoms with E-state index in [2.05, 4.69) is 9.97 Å². The van der Waals surface area contributed by atoms with Crippen LogP contribution >= 0.6 is 0 Å². The number of carbonyl (C=O) groups excluding carboxylic acids is 1. The zero-order valence-electron chi connectivity index (χ0n) is 14.0. The van der Waals surface area contributed by atoms with Crippen molar-refractivity contribution >= 4 is 5.97 Å².